The lowest BCUT2D eigenvalue weighted by molar-refractivity contribution is 0.0929. The number of hydrogen-bond donors (Lipinski definition) is 2. The van der Waals surface area contributed by atoms with Crippen LogP contribution in [0.4, 0.5) is 9.80 Å². The van der Waals surface area contributed by atoms with Crippen LogP contribution in [0.15, 0.2) is 34.7 Å². The third-order valence-corrected chi connectivity index (χ3v) is 7.46. The number of nitrogens with one attached hydrogen (secondary N) is 2. The number of benzene rings is 1. The zero-order valence-corrected chi connectivity index (χ0v) is 19.4. The molecule has 1 atom stereocenters. The van der Waals surface area contributed by atoms with Crippen LogP contribution >= 0.6 is 34.5 Å². The van der Waals surface area contributed by atoms with E-state index in [1.165, 1.54) is 11.3 Å². The minimum atomic E-state index is -0.525. The maximum Gasteiger partial charge on any atom is 0.410 e. The largest absolute Gasteiger partial charge is 0.457 e. The van der Waals surface area contributed by atoms with Crippen LogP contribution < -0.4 is 10.6 Å². The van der Waals surface area contributed by atoms with Crippen molar-refractivity contribution in [2.45, 2.75) is 26.1 Å². The van der Waals surface area contributed by atoms with Crippen molar-refractivity contribution >= 4 is 51.5 Å². The summed E-state index contributed by atoms with van der Waals surface area (Å²) in [5, 5.41) is 7.95. The Labute approximate surface area is 198 Å². The molecule has 166 valence electrons. The zero-order chi connectivity index (χ0) is 22.4. The van der Waals surface area contributed by atoms with Gasteiger partial charge in [0.2, 0.25) is 0 Å². The molecule has 1 aromatic carbocycles. The summed E-state index contributed by atoms with van der Waals surface area (Å²) in [4.78, 5) is 27.7. The lowest BCUT2D eigenvalue weighted by Gasteiger charge is -2.27. The number of rotatable bonds is 3. The smallest absolute Gasteiger partial charge is 0.410 e. The van der Waals surface area contributed by atoms with Crippen molar-refractivity contribution in [3.8, 4) is 11.3 Å². The van der Waals surface area contributed by atoms with E-state index < -0.39 is 6.17 Å². The normalized spacial score (nSPS) is 17.3. The van der Waals surface area contributed by atoms with E-state index in [-0.39, 0.29) is 12.0 Å². The van der Waals surface area contributed by atoms with Gasteiger partial charge in [-0.1, -0.05) is 29.3 Å². The second-order valence-electron chi connectivity index (χ2n) is 7.43. The van der Waals surface area contributed by atoms with Gasteiger partial charge < -0.3 is 24.7 Å². The number of anilines is 1. The predicted molar refractivity (Wildman–Crippen MR) is 123 cm³/mol. The highest BCUT2D eigenvalue weighted by Crippen LogP contribution is 2.42. The van der Waals surface area contributed by atoms with Crippen molar-refractivity contribution in [1.82, 2.24) is 10.2 Å². The lowest BCUT2D eigenvalue weighted by Crippen LogP contribution is -2.39. The fourth-order valence-electron chi connectivity index (χ4n) is 3.98. The number of ether oxygens (including phenoxy) is 1. The Bertz CT molecular complexity index is 1220. The molecule has 0 radical (unpaired) electrons. The summed E-state index contributed by atoms with van der Waals surface area (Å²) < 4.78 is 11.1. The number of carbonyl (C=O) groups excluding carboxylic acids is 2. The van der Waals surface area contributed by atoms with Crippen molar-refractivity contribution in [2.24, 2.45) is 0 Å². The van der Waals surface area contributed by atoms with Crippen molar-refractivity contribution in [1.29, 1.82) is 0 Å². The fourth-order valence-corrected chi connectivity index (χ4v) is 5.66. The summed E-state index contributed by atoms with van der Waals surface area (Å²) in [6.45, 7) is 3.07. The zero-order valence-electron chi connectivity index (χ0n) is 17.0. The molecule has 10 heteroatoms. The van der Waals surface area contributed by atoms with E-state index in [1.54, 1.807) is 36.1 Å². The van der Waals surface area contributed by atoms with Crippen LogP contribution in [0.2, 0.25) is 10.0 Å². The molecule has 0 saturated carbocycles. The topological polar surface area (TPSA) is 83.8 Å². The predicted octanol–water partition coefficient (Wildman–Crippen LogP) is 5.68. The molecule has 0 bridgehead atoms. The summed E-state index contributed by atoms with van der Waals surface area (Å²) in [7, 11) is 0. The van der Waals surface area contributed by atoms with Gasteiger partial charge in [-0.3, -0.25) is 4.79 Å². The highest BCUT2D eigenvalue weighted by Gasteiger charge is 2.35. The molecule has 0 aliphatic carbocycles. The molecule has 2 aromatic heterocycles. The van der Waals surface area contributed by atoms with Gasteiger partial charge in [-0.15, -0.1) is 11.3 Å². The molecule has 2 amide bonds. The number of furan rings is 1. The molecule has 0 fully saturated rings. The highest BCUT2D eigenvalue weighted by atomic mass is 35.5. The number of nitrogens with zero attached hydrogens (tertiary/aromatic N) is 1. The highest BCUT2D eigenvalue weighted by molar-refractivity contribution is 7.16. The number of amides is 2. The molecule has 32 heavy (non-hydrogen) atoms. The standard InChI is InChI=1S/C22H19Cl2N3O4S/c1-2-30-22(29)27-9-8-12-16(10-27)32-21-17(12)20(28)25-19(26-21)15-7-6-14(31-15)11-4-3-5-13(23)18(11)24/h3-7,19,26H,2,8-10H2,1H3,(H,25,28)/t19-/m0/s1. The number of halogens is 2. The first-order valence-electron chi connectivity index (χ1n) is 10.1. The summed E-state index contributed by atoms with van der Waals surface area (Å²) in [5.74, 6) is 0.948. The maximum atomic E-state index is 13.0. The van der Waals surface area contributed by atoms with Crippen molar-refractivity contribution < 1.29 is 18.7 Å². The van der Waals surface area contributed by atoms with Gasteiger partial charge in [0.1, 0.15) is 16.5 Å². The molecule has 7 nitrogen and oxygen atoms in total. The average Bonchev–Trinajstić information content (AvgIpc) is 3.40. The molecular formula is C22H19Cl2N3O4S. The molecule has 0 spiro atoms. The quantitative estimate of drug-likeness (QED) is 0.491. The third kappa shape index (κ3) is 3.62. The first-order valence-corrected chi connectivity index (χ1v) is 11.7. The van der Waals surface area contributed by atoms with Crippen LogP contribution in [0.1, 0.15) is 39.6 Å². The van der Waals surface area contributed by atoms with Gasteiger partial charge >= 0.3 is 6.09 Å². The van der Waals surface area contributed by atoms with Crippen molar-refractivity contribution in [3.63, 3.8) is 0 Å². The van der Waals surface area contributed by atoms with Crippen LogP contribution in [0.5, 0.6) is 0 Å². The summed E-state index contributed by atoms with van der Waals surface area (Å²) in [6.07, 6.45) is -0.247. The first-order chi connectivity index (χ1) is 15.5. The lowest BCUT2D eigenvalue weighted by atomic mass is 10.0. The van der Waals surface area contributed by atoms with Gasteiger partial charge in [0.05, 0.1) is 28.8 Å². The van der Waals surface area contributed by atoms with E-state index in [2.05, 4.69) is 10.6 Å². The number of thiophene rings is 1. The number of hydrogen-bond acceptors (Lipinski definition) is 6. The van der Waals surface area contributed by atoms with E-state index in [0.29, 0.717) is 58.8 Å². The molecule has 2 aliphatic heterocycles. The Hall–Kier alpha value is -2.68. The average molecular weight is 492 g/mol. The third-order valence-electron chi connectivity index (χ3n) is 5.49. The SMILES string of the molecule is CCOC(=O)N1CCc2c(sc3c2C(=O)N[C@H](c2ccc(-c4cccc(Cl)c4Cl)o2)N3)C1. The molecule has 2 N–H and O–H groups in total. The van der Waals surface area contributed by atoms with Crippen LogP contribution in [-0.4, -0.2) is 30.1 Å². The van der Waals surface area contributed by atoms with Crippen LogP contribution in [0.3, 0.4) is 0 Å². The van der Waals surface area contributed by atoms with Gasteiger partial charge in [0.15, 0.2) is 6.17 Å². The van der Waals surface area contributed by atoms with Crippen LogP contribution in [0.25, 0.3) is 11.3 Å². The van der Waals surface area contributed by atoms with Gasteiger partial charge in [0, 0.05) is 17.0 Å². The van der Waals surface area contributed by atoms with E-state index in [1.807, 2.05) is 6.07 Å². The van der Waals surface area contributed by atoms with E-state index in [4.69, 9.17) is 32.4 Å². The van der Waals surface area contributed by atoms with Gasteiger partial charge in [-0.2, -0.15) is 0 Å². The minimum absolute atomic E-state index is 0.162. The maximum absolute atomic E-state index is 13.0. The second kappa shape index (κ2) is 8.35. The Kier molecular flexibility index (Phi) is 5.53. The molecule has 3 aromatic rings. The number of fused-ring (bicyclic) bond motifs is 3. The summed E-state index contributed by atoms with van der Waals surface area (Å²) >= 11 is 13.9. The van der Waals surface area contributed by atoms with Gasteiger partial charge in [-0.25, -0.2) is 4.79 Å². The van der Waals surface area contributed by atoms with Crippen LogP contribution in [-0.2, 0) is 17.7 Å². The second-order valence-corrected chi connectivity index (χ2v) is 9.32. The number of carbonyl (C=O) groups is 2. The molecular weight excluding hydrogens is 473 g/mol. The van der Waals surface area contributed by atoms with E-state index in [9.17, 15) is 9.59 Å². The van der Waals surface area contributed by atoms with Gasteiger partial charge in [0.25, 0.3) is 5.91 Å². The fraction of sp³-hybridized carbons (Fsp3) is 0.273. The molecule has 2 aliphatic rings. The van der Waals surface area contributed by atoms with E-state index >= 15 is 0 Å². The molecule has 0 saturated heterocycles. The molecule has 5 rings (SSSR count). The minimum Gasteiger partial charge on any atom is -0.457 e. The first kappa shape index (κ1) is 21.2. The van der Waals surface area contributed by atoms with Gasteiger partial charge in [-0.05, 0) is 43.2 Å². The molecule has 0 unspecified atom stereocenters. The Morgan fingerprint density at radius 2 is 2.12 bits per heavy atom. The van der Waals surface area contributed by atoms with Crippen LogP contribution in [0, 0.1) is 0 Å². The monoisotopic (exact) mass is 491 g/mol. The Morgan fingerprint density at radius 3 is 2.94 bits per heavy atom. The van der Waals surface area contributed by atoms with Crippen molar-refractivity contribution in [3.05, 3.63) is 62.1 Å². The van der Waals surface area contributed by atoms with E-state index in [0.717, 1.165) is 15.4 Å². The summed E-state index contributed by atoms with van der Waals surface area (Å²) in [6, 6.07) is 8.93. The summed E-state index contributed by atoms with van der Waals surface area (Å²) in [5.41, 5.74) is 2.31. The Balaban J connectivity index is 1.39. The van der Waals surface area contributed by atoms with Crippen molar-refractivity contribution in [2.75, 3.05) is 18.5 Å². The molecule has 4 heterocycles. The Morgan fingerprint density at radius 1 is 1.28 bits per heavy atom.